The largest absolute Gasteiger partial charge is 0.465 e. The van der Waals surface area contributed by atoms with Gasteiger partial charge in [-0.05, 0) is 37.3 Å². The predicted octanol–water partition coefficient (Wildman–Crippen LogP) is 2.62. The lowest BCUT2D eigenvalue weighted by molar-refractivity contribution is 0.0954. The first-order valence-electron chi connectivity index (χ1n) is 6.93. The van der Waals surface area contributed by atoms with Crippen LogP contribution in [0.4, 0.5) is 10.5 Å². The maximum absolute atomic E-state index is 12.1. The van der Waals surface area contributed by atoms with Gasteiger partial charge < -0.3 is 15.7 Å². The Bertz CT molecular complexity index is 494. The molecule has 3 N–H and O–H groups in total. The Kier molecular flexibility index (Phi) is 4.61. The second-order valence-electron chi connectivity index (χ2n) is 5.26. The standard InChI is InChI=1S/C15H20N2O3/c16-13-4-2-1-3-12(13)14(18)6-5-11-7-9-17(10-8-11)15(19)20/h1-4,11H,5-10,16H2,(H,19,20). The number of likely N-dealkylation sites (tertiary alicyclic amines) is 1. The Balaban J connectivity index is 1.80. The highest BCUT2D eigenvalue weighted by Crippen LogP contribution is 2.23. The topological polar surface area (TPSA) is 83.6 Å². The number of benzene rings is 1. The molecule has 0 aromatic heterocycles. The molecule has 5 heteroatoms. The Labute approximate surface area is 118 Å². The van der Waals surface area contributed by atoms with Gasteiger partial charge in [-0.25, -0.2) is 4.79 Å². The van der Waals surface area contributed by atoms with Crippen LogP contribution in [-0.4, -0.2) is 35.0 Å². The molecule has 0 spiro atoms. The Hall–Kier alpha value is -2.04. The van der Waals surface area contributed by atoms with E-state index in [1.807, 2.05) is 12.1 Å². The van der Waals surface area contributed by atoms with Crippen LogP contribution in [0.25, 0.3) is 0 Å². The number of carbonyl (C=O) groups is 2. The van der Waals surface area contributed by atoms with E-state index >= 15 is 0 Å². The zero-order chi connectivity index (χ0) is 14.5. The van der Waals surface area contributed by atoms with Gasteiger partial charge in [-0.2, -0.15) is 0 Å². The van der Waals surface area contributed by atoms with E-state index < -0.39 is 6.09 Å². The lowest BCUT2D eigenvalue weighted by Gasteiger charge is -2.29. The highest BCUT2D eigenvalue weighted by atomic mass is 16.4. The zero-order valence-corrected chi connectivity index (χ0v) is 11.4. The van der Waals surface area contributed by atoms with Crippen molar-refractivity contribution < 1.29 is 14.7 Å². The summed E-state index contributed by atoms with van der Waals surface area (Å²) in [7, 11) is 0. The van der Waals surface area contributed by atoms with Crippen molar-refractivity contribution in [1.29, 1.82) is 0 Å². The molecule has 2 rings (SSSR count). The third kappa shape index (κ3) is 3.50. The Morgan fingerprint density at radius 2 is 1.90 bits per heavy atom. The lowest BCUT2D eigenvalue weighted by Crippen LogP contribution is -2.37. The maximum atomic E-state index is 12.1. The summed E-state index contributed by atoms with van der Waals surface area (Å²) in [5.74, 6) is 0.503. The van der Waals surface area contributed by atoms with E-state index in [-0.39, 0.29) is 5.78 Å². The molecule has 1 aliphatic heterocycles. The van der Waals surface area contributed by atoms with Crippen LogP contribution in [0.5, 0.6) is 0 Å². The number of hydrogen-bond donors (Lipinski definition) is 2. The number of ketones is 1. The average Bonchev–Trinajstić information content (AvgIpc) is 2.45. The van der Waals surface area contributed by atoms with Crippen molar-refractivity contribution in [3.63, 3.8) is 0 Å². The minimum atomic E-state index is -0.850. The van der Waals surface area contributed by atoms with Crippen LogP contribution in [-0.2, 0) is 0 Å². The number of nitrogen functional groups attached to an aromatic ring is 1. The summed E-state index contributed by atoms with van der Waals surface area (Å²) in [6.07, 6.45) is 2.11. The van der Waals surface area contributed by atoms with Gasteiger partial charge in [-0.15, -0.1) is 0 Å². The van der Waals surface area contributed by atoms with Gasteiger partial charge >= 0.3 is 6.09 Å². The zero-order valence-electron chi connectivity index (χ0n) is 11.4. The van der Waals surface area contributed by atoms with Crippen LogP contribution >= 0.6 is 0 Å². The summed E-state index contributed by atoms with van der Waals surface area (Å²) in [4.78, 5) is 24.3. The van der Waals surface area contributed by atoms with Crippen molar-refractivity contribution in [2.24, 2.45) is 5.92 Å². The van der Waals surface area contributed by atoms with Gasteiger partial charge in [0.1, 0.15) is 0 Å². The molecule has 1 aromatic rings. The lowest BCUT2D eigenvalue weighted by atomic mass is 9.90. The monoisotopic (exact) mass is 276 g/mol. The third-order valence-corrected chi connectivity index (χ3v) is 3.93. The molecule has 0 radical (unpaired) electrons. The molecule has 0 aliphatic carbocycles. The third-order valence-electron chi connectivity index (χ3n) is 3.93. The fourth-order valence-corrected chi connectivity index (χ4v) is 2.63. The first kappa shape index (κ1) is 14.4. The van der Waals surface area contributed by atoms with E-state index in [2.05, 4.69) is 0 Å². The first-order chi connectivity index (χ1) is 9.58. The number of nitrogens with two attached hydrogens (primary N) is 1. The van der Waals surface area contributed by atoms with Crippen molar-refractivity contribution in [3.05, 3.63) is 29.8 Å². The highest BCUT2D eigenvalue weighted by molar-refractivity contribution is 6.00. The molecule has 1 aliphatic rings. The van der Waals surface area contributed by atoms with E-state index in [0.717, 1.165) is 19.3 Å². The van der Waals surface area contributed by atoms with Crippen molar-refractivity contribution in [2.75, 3.05) is 18.8 Å². The van der Waals surface area contributed by atoms with Crippen molar-refractivity contribution in [3.8, 4) is 0 Å². The maximum Gasteiger partial charge on any atom is 0.407 e. The minimum absolute atomic E-state index is 0.0729. The van der Waals surface area contributed by atoms with Gasteiger partial charge in [0.05, 0.1) is 0 Å². The van der Waals surface area contributed by atoms with Gasteiger partial charge in [-0.1, -0.05) is 12.1 Å². The van der Waals surface area contributed by atoms with Gasteiger partial charge in [0.15, 0.2) is 5.78 Å². The van der Waals surface area contributed by atoms with Crippen LogP contribution in [0.15, 0.2) is 24.3 Å². The van der Waals surface area contributed by atoms with E-state index in [0.29, 0.717) is 36.7 Å². The molecule has 1 saturated heterocycles. The number of anilines is 1. The molecule has 1 fully saturated rings. The predicted molar refractivity (Wildman–Crippen MR) is 76.7 cm³/mol. The van der Waals surface area contributed by atoms with E-state index in [9.17, 15) is 9.59 Å². The molecule has 20 heavy (non-hydrogen) atoms. The number of piperidine rings is 1. The van der Waals surface area contributed by atoms with Crippen LogP contribution in [0.3, 0.4) is 0 Å². The SMILES string of the molecule is Nc1ccccc1C(=O)CCC1CCN(C(=O)O)CC1. The number of Topliss-reactive ketones (excluding diaryl/α,β-unsaturated/α-hetero) is 1. The number of carbonyl (C=O) groups excluding carboxylic acids is 1. The number of rotatable bonds is 4. The van der Waals surface area contributed by atoms with Crippen molar-refractivity contribution >= 4 is 17.6 Å². The Morgan fingerprint density at radius 1 is 1.25 bits per heavy atom. The van der Waals surface area contributed by atoms with E-state index in [4.69, 9.17) is 10.8 Å². The van der Waals surface area contributed by atoms with Gasteiger partial charge in [0.25, 0.3) is 0 Å². The summed E-state index contributed by atoms with van der Waals surface area (Å²) < 4.78 is 0. The molecule has 0 unspecified atom stereocenters. The van der Waals surface area contributed by atoms with Gasteiger partial charge in [0, 0.05) is 30.8 Å². The highest BCUT2D eigenvalue weighted by Gasteiger charge is 2.22. The van der Waals surface area contributed by atoms with Crippen LogP contribution < -0.4 is 5.73 Å². The summed E-state index contributed by atoms with van der Waals surface area (Å²) in [6.45, 7) is 1.14. The molecular formula is C15H20N2O3. The first-order valence-corrected chi connectivity index (χ1v) is 6.93. The number of nitrogens with zero attached hydrogens (tertiary/aromatic N) is 1. The molecule has 1 amide bonds. The number of amides is 1. The smallest absolute Gasteiger partial charge is 0.407 e. The number of para-hydroxylation sites is 1. The Morgan fingerprint density at radius 3 is 2.50 bits per heavy atom. The quantitative estimate of drug-likeness (QED) is 0.654. The number of carboxylic acid groups (broad SMARTS) is 1. The second-order valence-corrected chi connectivity index (χ2v) is 5.26. The summed E-state index contributed by atoms with van der Waals surface area (Å²) in [5.41, 5.74) is 6.91. The molecule has 0 saturated carbocycles. The van der Waals surface area contributed by atoms with Crippen LogP contribution in [0, 0.1) is 5.92 Å². The van der Waals surface area contributed by atoms with E-state index in [1.165, 1.54) is 4.90 Å². The van der Waals surface area contributed by atoms with Gasteiger partial charge in [-0.3, -0.25) is 4.79 Å². The normalized spacial score (nSPS) is 16.1. The van der Waals surface area contributed by atoms with Gasteiger partial charge in [0.2, 0.25) is 0 Å². The van der Waals surface area contributed by atoms with Crippen molar-refractivity contribution in [1.82, 2.24) is 4.90 Å². The van der Waals surface area contributed by atoms with Crippen LogP contribution in [0.1, 0.15) is 36.0 Å². The molecule has 1 heterocycles. The second kappa shape index (κ2) is 6.41. The fraction of sp³-hybridized carbons (Fsp3) is 0.467. The summed E-state index contributed by atoms with van der Waals surface area (Å²) in [6, 6.07) is 7.12. The summed E-state index contributed by atoms with van der Waals surface area (Å²) in [5, 5.41) is 8.88. The summed E-state index contributed by atoms with van der Waals surface area (Å²) >= 11 is 0. The fourth-order valence-electron chi connectivity index (χ4n) is 2.63. The van der Waals surface area contributed by atoms with Crippen molar-refractivity contribution in [2.45, 2.75) is 25.7 Å². The molecule has 108 valence electrons. The molecule has 5 nitrogen and oxygen atoms in total. The van der Waals surface area contributed by atoms with E-state index in [1.54, 1.807) is 12.1 Å². The minimum Gasteiger partial charge on any atom is -0.465 e. The molecule has 0 atom stereocenters. The number of hydrogen-bond acceptors (Lipinski definition) is 3. The van der Waals surface area contributed by atoms with Crippen LogP contribution in [0.2, 0.25) is 0 Å². The molecular weight excluding hydrogens is 256 g/mol. The molecule has 0 bridgehead atoms. The average molecular weight is 276 g/mol. The molecule has 1 aromatic carbocycles.